The number of nitrogens with zero attached hydrogens (tertiary/aromatic N) is 3. The standard InChI is InChI=1S/C19H21ClN4/c1-12-6-8-24(9-7-12)19-16-10-13(2)21-18(16)22-17(23-19)14-4-3-5-15(20)11-14/h3-5,10-12H,6-9H2,1-2H3,(H,21,22,23). The molecule has 1 aliphatic rings. The van der Waals surface area contributed by atoms with Gasteiger partial charge in [-0.25, -0.2) is 9.97 Å². The minimum Gasteiger partial charge on any atom is -0.356 e. The molecule has 124 valence electrons. The van der Waals surface area contributed by atoms with Gasteiger partial charge in [-0.05, 0) is 43.9 Å². The largest absolute Gasteiger partial charge is 0.356 e. The van der Waals surface area contributed by atoms with Crippen LogP contribution in [0.25, 0.3) is 22.4 Å². The van der Waals surface area contributed by atoms with Gasteiger partial charge in [0.2, 0.25) is 0 Å². The summed E-state index contributed by atoms with van der Waals surface area (Å²) in [5, 5.41) is 1.81. The first-order chi connectivity index (χ1) is 11.6. The number of benzene rings is 1. The van der Waals surface area contributed by atoms with Crippen molar-refractivity contribution < 1.29 is 0 Å². The Labute approximate surface area is 146 Å². The number of aromatic nitrogens is 3. The van der Waals surface area contributed by atoms with Crippen LogP contribution in [0.4, 0.5) is 5.82 Å². The summed E-state index contributed by atoms with van der Waals surface area (Å²) in [6.07, 6.45) is 2.42. The quantitative estimate of drug-likeness (QED) is 0.727. The van der Waals surface area contributed by atoms with Gasteiger partial charge in [-0.1, -0.05) is 30.7 Å². The number of halogens is 1. The van der Waals surface area contributed by atoms with E-state index in [-0.39, 0.29) is 0 Å². The molecule has 2 aromatic heterocycles. The fraction of sp³-hybridized carbons (Fsp3) is 0.368. The molecule has 3 heterocycles. The Hall–Kier alpha value is -2.07. The van der Waals surface area contributed by atoms with Crippen molar-refractivity contribution in [3.8, 4) is 11.4 Å². The maximum Gasteiger partial charge on any atom is 0.163 e. The van der Waals surface area contributed by atoms with Crippen LogP contribution in [0.5, 0.6) is 0 Å². The highest BCUT2D eigenvalue weighted by Gasteiger charge is 2.21. The smallest absolute Gasteiger partial charge is 0.163 e. The van der Waals surface area contributed by atoms with E-state index < -0.39 is 0 Å². The van der Waals surface area contributed by atoms with Gasteiger partial charge in [0.1, 0.15) is 11.5 Å². The van der Waals surface area contributed by atoms with Crippen molar-refractivity contribution in [3.05, 3.63) is 41.0 Å². The Kier molecular flexibility index (Phi) is 3.93. The van der Waals surface area contributed by atoms with Crippen LogP contribution in [0, 0.1) is 12.8 Å². The highest BCUT2D eigenvalue weighted by molar-refractivity contribution is 6.30. The molecule has 0 bridgehead atoms. The summed E-state index contributed by atoms with van der Waals surface area (Å²) >= 11 is 6.15. The molecule has 1 fully saturated rings. The van der Waals surface area contributed by atoms with Crippen molar-refractivity contribution in [2.45, 2.75) is 26.7 Å². The van der Waals surface area contributed by atoms with E-state index in [0.717, 1.165) is 52.9 Å². The summed E-state index contributed by atoms with van der Waals surface area (Å²) < 4.78 is 0. The van der Waals surface area contributed by atoms with E-state index in [1.165, 1.54) is 12.8 Å². The van der Waals surface area contributed by atoms with E-state index in [4.69, 9.17) is 21.6 Å². The van der Waals surface area contributed by atoms with Crippen molar-refractivity contribution in [3.63, 3.8) is 0 Å². The normalized spacial score (nSPS) is 16.0. The molecule has 5 heteroatoms. The first-order valence-corrected chi connectivity index (χ1v) is 8.86. The van der Waals surface area contributed by atoms with Gasteiger partial charge in [-0.15, -0.1) is 0 Å². The molecule has 0 aliphatic carbocycles. The minimum absolute atomic E-state index is 0.701. The van der Waals surface area contributed by atoms with Gasteiger partial charge in [0.25, 0.3) is 0 Å². The molecular weight excluding hydrogens is 320 g/mol. The molecule has 0 spiro atoms. The zero-order valence-corrected chi connectivity index (χ0v) is 14.8. The second-order valence-corrected chi connectivity index (χ2v) is 7.20. The van der Waals surface area contributed by atoms with Crippen LogP contribution >= 0.6 is 11.6 Å². The maximum atomic E-state index is 6.15. The maximum absolute atomic E-state index is 6.15. The first-order valence-electron chi connectivity index (χ1n) is 8.48. The van der Waals surface area contributed by atoms with Crippen LogP contribution < -0.4 is 4.90 Å². The van der Waals surface area contributed by atoms with E-state index in [2.05, 4.69) is 29.8 Å². The van der Waals surface area contributed by atoms with Gasteiger partial charge < -0.3 is 9.88 Å². The van der Waals surface area contributed by atoms with Crippen LogP contribution in [-0.2, 0) is 0 Å². The van der Waals surface area contributed by atoms with Crippen molar-refractivity contribution in [2.75, 3.05) is 18.0 Å². The topological polar surface area (TPSA) is 44.8 Å². The highest BCUT2D eigenvalue weighted by Crippen LogP contribution is 2.31. The summed E-state index contributed by atoms with van der Waals surface area (Å²) in [5.41, 5.74) is 2.95. The monoisotopic (exact) mass is 340 g/mol. The van der Waals surface area contributed by atoms with Gasteiger partial charge in [-0.2, -0.15) is 0 Å². The Morgan fingerprint density at radius 1 is 1.17 bits per heavy atom. The third-order valence-electron chi connectivity index (χ3n) is 4.77. The van der Waals surface area contributed by atoms with E-state index in [9.17, 15) is 0 Å². The second-order valence-electron chi connectivity index (χ2n) is 6.77. The second kappa shape index (κ2) is 6.10. The molecule has 1 N–H and O–H groups in total. The van der Waals surface area contributed by atoms with Gasteiger partial charge in [-0.3, -0.25) is 0 Å². The molecule has 0 saturated carbocycles. The highest BCUT2D eigenvalue weighted by atomic mass is 35.5. The predicted molar refractivity (Wildman–Crippen MR) is 99.7 cm³/mol. The molecular formula is C19H21ClN4. The molecule has 4 nitrogen and oxygen atoms in total. The third-order valence-corrected chi connectivity index (χ3v) is 5.00. The SMILES string of the molecule is Cc1cc2c(N3CCC(C)CC3)nc(-c3cccc(Cl)c3)nc2[nH]1. The number of hydrogen-bond acceptors (Lipinski definition) is 3. The average Bonchev–Trinajstić information content (AvgIpc) is 2.95. The lowest BCUT2D eigenvalue weighted by Crippen LogP contribution is -2.33. The van der Waals surface area contributed by atoms with Gasteiger partial charge >= 0.3 is 0 Å². The number of rotatable bonds is 2. The van der Waals surface area contributed by atoms with Crippen molar-refractivity contribution in [2.24, 2.45) is 5.92 Å². The van der Waals surface area contributed by atoms with Crippen LogP contribution in [0.1, 0.15) is 25.5 Å². The van der Waals surface area contributed by atoms with Gasteiger partial charge in [0.15, 0.2) is 5.82 Å². The summed E-state index contributed by atoms with van der Waals surface area (Å²) in [5.74, 6) is 2.55. The molecule has 24 heavy (non-hydrogen) atoms. The predicted octanol–water partition coefficient (Wildman–Crippen LogP) is 4.82. The number of H-pyrrole nitrogens is 1. The fourth-order valence-electron chi connectivity index (χ4n) is 3.34. The molecule has 1 saturated heterocycles. The molecule has 0 radical (unpaired) electrons. The lowest BCUT2D eigenvalue weighted by atomic mass is 9.99. The Bertz CT molecular complexity index is 878. The summed E-state index contributed by atoms with van der Waals surface area (Å²) in [6, 6.07) is 9.87. The summed E-state index contributed by atoms with van der Waals surface area (Å²) in [4.78, 5) is 15.4. The van der Waals surface area contributed by atoms with Gasteiger partial charge in [0.05, 0.1) is 5.39 Å². The van der Waals surface area contributed by atoms with Crippen LogP contribution in [0.15, 0.2) is 30.3 Å². The fourth-order valence-corrected chi connectivity index (χ4v) is 3.53. The number of hydrogen-bond donors (Lipinski definition) is 1. The number of aryl methyl sites for hydroxylation is 1. The minimum atomic E-state index is 0.701. The first kappa shape index (κ1) is 15.5. The number of piperidine rings is 1. The van der Waals surface area contributed by atoms with Crippen molar-refractivity contribution in [1.29, 1.82) is 0 Å². The molecule has 0 unspecified atom stereocenters. The third kappa shape index (κ3) is 2.86. The van der Waals surface area contributed by atoms with Crippen LogP contribution in [0.3, 0.4) is 0 Å². The molecule has 3 aromatic rings. The van der Waals surface area contributed by atoms with Gasteiger partial charge in [0, 0.05) is 29.4 Å². The molecule has 0 atom stereocenters. The van der Waals surface area contributed by atoms with E-state index in [1.807, 2.05) is 24.3 Å². The average molecular weight is 341 g/mol. The molecule has 4 rings (SSSR count). The lowest BCUT2D eigenvalue weighted by molar-refractivity contribution is 0.437. The van der Waals surface area contributed by atoms with E-state index in [0.29, 0.717) is 5.02 Å². The van der Waals surface area contributed by atoms with E-state index >= 15 is 0 Å². The molecule has 0 amide bonds. The lowest BCUT2D eigenvalue weighted by Gasteiger charge is -2.31. The molecule has 1 aromatic carbocycles. The van der Waals surface area contributed by atoms with Crippen molar-refractivity contribution >= 4 is 28.5 Å². The summed E-state index contributed by atoms with van der Waals surface area (Å²) in [7, 11) is 0. The van der Waals surface area contributed by atoms with Crippen LogP contribution in [-0.4, -0.2) is 28.0 Å². The number of fused-ring (bicyclic) bond motifs is 1. The Morgan fingerprint density at radius 2 is 1.96 bits per heavy atom. The number of aromatic amines is 1. The van der Waals surface area contributed by atoms with E-state index in [1.54, 1.807) is 0 Å². The zero-order chi connectivity index (χ0) is 16.7. The Balaban J connectivity index is 1.84. The van der Waals surface area contributed by atoms with Crippen molar-refractivity contribution in [1.82, 2.24) is 15.0 Å². The number of nitrogens with one attached hydrogen (secondary N) is 1. The summed E-state index contributed by atoms with van der Waals surface area (Å²) in [6.45, 7) is 6.48. The van der Waals surface area contributed by atoms with Crippen LogP contribution in [0.2, 0.25) is 5.02 Å². The number of anilines is 1. The Morgan fingerprint density at radius 3 is 2.71 bits per heavy atom. The zero-order valence-electron chi connectivity index (χ0n) is 14.0. The molecule has 1 aliphatic heterocycles.